The molecule has 0 aliphatic carbocycles. The zero-order valence-corrected chi connectivity index (χ0v) is 61.2. The van der Waals surface area contributed by atoms with Crippen molar-refractivity contribution < 1.29 is 43.2 Å². The third kappa shape index (κ3) is 62.2. The second-order valence-corrected chi connectivity index (χ2v) is 28.6. The van der Waals surface area contributed by atoms with E-state index in [0.717, 1.165) is 219 Å². The third-order valence-corrected chi connectivity index (χ3v) is 18.0. The molecule has 0 rings (SSSR count). The maximum Gasteiger partial charge on any atom is 0.305 e. The fourth-order valence-corrected chi connectivity index (χ4v) is 11.6. The molecule has 0 fully saturated rings. The van der Waals surface area contributed by atoms with Crippen molar-refractivity contribution in [1.29, 1.82) is 0 Å². The van der Waals surface area contributed by atoms with E-state index in [2.05, 4.69) is 117 Å². The van der Waals surface area contributed by atoms with Crippen molar-refractivity contribution in [2.75, 3.05) is 72.3 Å². The molecule has 11 heteroatoms. The molecular formula is C79H146N2O9. The van der Waals surface area contributed by atoms with E-state index in [1.807, 2.05) is 0 Å². The van der Waals surface area contributed by atoms with Crippen LogP contribution in [-0.2, 0) is 38.1 Å². The molecule has 4 atom stereocenters. The van der Waals surface area contributed by atoms with Gasteiger partial charge in [0.15, 0.2) is 0 Å². The van der Waals surface area contributed by atoms with Crippen LogP contribution in [0.2, 0.25) is 0 Å². The van der Waals surface area contributed by atoms with Crippen LogP contribution in [0.3, 0.4) is 0 Å². The number of carbonyl (C=O) groups is 4. The second kappa shape index (κ2) is 61.9. The summed E-state index contributed by atoms with van der Waals surface area (Å²) in [4.78, 5) is 55.2. The van der Waals surface area contributed by atoms with E-state index in [-0.39, 0.29) is 30.5 Å². The van der Waals surface area contributed by atoms with E-state index in [1.54, 1.807) is 0 Å². The minimum Gasteiger partial charge on any atom is -0.466 e. The quantitative estimate of drug-likeness (QED) is 0.0270. The maximum atomic E-state index is 12.5. The molecule has 0 radical (unpaired) electrons. The molecule has 0 aromatic heterocycles. The van der Waals surface area contributed by atoms with Crippen molar-refractivity contribution in [2.45, 2.75) is 333 Å². The highest BCUT2D eigenvalue weighted by Crippen LogP contribution is 2.24. The Bertz CT molecular complexity index is 1590. The second-order valence-electron chi connectivity index (χ2n) is 28.6. The first-order chi connectivity index (χ1) is 43.3. The van der Waals surface area contributed by atoms with Gasteiger partial charge in [0, 0.05) is 45.3 Å². The summed E-state index contributed by atoms with van der Waals surface area (Å²) >= 11 is 0. The Balaban J connectivity index is 5.44. The van der Waals surface area contributed by atoms with Crippen LogP contribution in [0.1, 0.15) is 333 Å². The number of hydrogen-bond acceptors (Lipinski definition) is 11. The Kier molecular flexibility index (Phi) is 59.6. The van der Waals surface area contributed by atoms with Crippen LogP contribution in [-0.4, -0.2) is 111 Å². The predicted molar refractivity (Wildman–Crippen MR) is 382 cm³/mol. The molecule has 0 amide bonds. The number of aliphatic hydroxyl groups excluding tert-OH is 1. The highest BCUT2D eigenvalue weighted by Gasteiger charge is 2.16. The van der Waals surface area contributed by atoms with Gasteiger partial charge in [-0.05, 0) is 227 Å². The van der Waals surface area contributed by atoms with Crippen molar-refractivity contribution in [3.8, 4) is 0 Å². The lowest BCUT2D eigenvalue weighted by Gasteiger charge is -2.29. The van der Waals surface area contributed by atoms with Crippen molar-refractivity contribution in [2.24, 2.45) is 29.6 Å². The van der Waals surface area contributed by atoms with E-state index >= 15 is 0 Å². The molecule has 4 unspecified atom stereocenters. The van der Waals surface area contributed by atoms with Crippen molar-refractivity contribution in [3.05, 3.63) is 46.6 Å². The average molecular weight is 1270 g/mol. The lowest BCUT2D eigenvalue weighted by Crippen LogP contribution is -2.38. The molecule has 0 bridgehead atoms. The third-order valence-electron chi connectivity index (χ3n) is 18.0. The number of nitrogens with zero attached hydrogens (tertiary/aromatic N) is 2. The summed E-state index contributed by atoms with van der Waals surface area (Å²) in [5, 5.41) is 10.3. The molecule has 0 aromatic carbocycles. The van der Waals surface area contributed by atoms with Crippen LogP contribution in [0, 0.1) is 29.6 Å². The highest BCUT2D eigenvalue weighted by atomic mass is 16.5. The summed E-state index contributed by atoms with van der Waals surface area (Å²) in [6.45, 7) is 34.1. The van der Waals surface area contributed by atoms with Crippen molar-refractivity contribution >= 4 is 23.9 Å². The van der Waals surface area contributed by atoms with Crippen LogP contribution in [0.5, 0.6) is 0 Å². The van der Waals surface area contributed by atoms with Crippen LogP contribution < -0.4 is 0 Å². The summed E-state index contributed by atoms with van der Waals surface area (Å²) in [5.74, 6) is 2.61. The summed E-state index contributed by atoms with van der Waals surface area (Å²) in [7, 11) is 0. The first-order valence-corrected chi connectivity index (χ1v) is 37.5. The maximum absolute atomic E-state index is 12.5. The number of esters is 4. The van der Waals surface area contributed by atoms with Gasteiger partial charge in [-0.25, -0.2) is 0 Å². The SMILES string of the molecule is CC(C)=CCCC(C)CCOC(=O)CCCCCCCC(CCCCCCCC(=O)OCCC(C)CCC=C(C)C)CCN(CCO)CCN(CCCCCCCC(=O)OCCC(C)CCC=C(C)C)CCCCCCCC(=O)OCCC(C)CCC=C(C)C. The van der Waals surface area contributed by atoms with Crippen LogP contribution >= 0.6 is 0 Å². The molecule has 0 heterocycles. The summed E-state index contributed by atoms with van der Waals surface area (Å²) < 4.78 is 22.4. The van der Waals surface area contributed by atoms with Crippen LogP contribution in [0.15, 0.2) is 46.6 Å². The number of ether oxygens (including phenoxy) is 4. The molecule has 1 N–H and O–H groups in total. The number of hydrogen-bond donors (Lipinski definition) is 1. The standard InChI is InChI=1S/C79H146N2O9/c1-67(2)37-33-41-71(9)52-63-87-76(83)47-27-19-13-17-25-45-75(46-26-18-14-20-28-48-77(84)88-64-53-72(10)42-34-38-68(3)4)51-58-81(61-62-82)60-59-80(56-31-23-15-21-29-49-78(85)89-65-54-73(11)43-35-39-69(5)6)57-32-24-16-22-30-50-79(86)90-66-55-74(12)44-36-40-70(7)8/h37-40,71-75,82H,13-36,41-66H2,1-12H3. The molecule has 90 heavy (non-hydrogen) atoms. The average Bonchev–Trinajstić information content (AvgIpc) is 3.70. The first-order valence-electron chi connectivity index (χ1n) is 37.5. The molecule has 11 nitrogen and oxygen atoms in total. The number of aliphatic hydroxyl groups is 1. The van der Waals surface area contributed by atoms with Gasteiger partial charge in [0.2, 0.25) is 0 Å². The molecule has 0 aliphatic rings. The smallest absolute Gasteiger partial charge is 0.305 e. The predicted octanol–water partition coefficient (Wildman–Crippen LogP) is 21.0. The van der Waals surface area contributed by atoms with Crippen molar-refractivity contribution in [1.82, 2.24) is 9.80 Å². The van der Waals surface area contributed by atoms with Gasteiger partial charge >= 0.3 is 23.9 Å². The van der Waals surface area contributed by atoms with Gasteiger partial charge < -0.3 is 29.0 Å². The van der Waals surface area contributed by atoms with Crippen molar-refractivity contribution in [3.63, 3.8) is 0 Å². The zero-order chi connectivity index (χ0) is 66.7. The first kappa shape index (κ1) is 86.7. The molecule has 0 saturated carbocycles. The van der Waals surface area contributed by atoms with E-state index in [0.29, 0.717) is 88.2 Å². The number of unbranched alkanes of at least 4 members (excludes halogenated alkanes) is 16. The van der Waals surface area contributed by atoms with Gasteiger partial charge in [0.1, 0.15) is 0 Å². The fraction of sp³-hybridized carbons (Fsp3) is 0.848. The zero-order valence-electron chi connectivity index (χ0n) is 61.2. The highest BCUT2D eigenvalue weighted by molar-refractivity contribution is 5.70. The molecule has 0 spiro atoms. The largest absolute Gasteiger partial charge is 0.466 e. The van der Waals surface area contributed by atoms with E-state index < -0.39 is 0 Å². The van der Waals surface area contributed by atoms with Gasteiger partial charge in [0.25, 0.3) is 0 Å². The van der Waals surface area contributed by atoms with Crippen LogP contribution in [0.25, 0.3) is 0 Å². The van der Waals surface area contributed by atoms with Gasteiger partial charge in [-0.2, -0.15) is 0 Å². The van der Waals surface area contributed by atoms with E-state index in [4.69, 9.17) is 18.9 Å². The number of allylic oxidation sites excluding steroid dienone is 8. The fourth-order valence-electron chi connectivity index (χ4n) is 11.6. The normalized spacial score (nSPS) is 13.1. The molecule has 0 aromatic rings. The lowest BCUT2D eigenvalue weighted by atomic mass is 9.91. The molecule has 0 aliphatic heterocycles. The Morgan fingerprint density at radius 2 is 0.556 bits per heavy atom. The topological polar surface area (TPSA) is 132 Å². The minimum absolute atomic E-state index is 0.0531. The Hall–Kier alpha value is -3.28. The summed E-state index contributed by atoms with van der Waals surface area (Å²) in [6, 6.07) is 0. The summed E-state index contributed by atoms with van der Waals surface area (Å²) in [6.07, 6.45) is 48.9. The minimum atomic E-state index is -0.0584. The van der Waals surface area contributed by atoms with Gasteiger partial charge in [0.05, 0.1) is 33.0 Å². The Morgan fingerprint density at radius 1 is 0.300 bits per heavy atom. The Morgan fingerprint density at radius 3 is 0.833 bits per heavy atom. The molecule has 0 saturated heterocycles. The van der Waals surface area contributed by atoms with E-state index in [1.165, 1.54) is 60.8 Å². The number of rotatable bonds is 64. The van der Waals surface area contributed by atoms with Gasteiger partial charge in [-0.1, -0.05) is 177 Å². The molecule has 526 valence electrons. The van der Waals surface area contributed by atoms with E-state index in [9.17, 15) is 24.3 Å². The monoisotopic (exact) mass is 1270 g/mol. The molecular weight excluding hydrogens is 1120 g/mol. The summed E-state index contributed by atoms with van der Waals surface area (Å²) in [5.41, 5.74) is 5.43. The number of carbonyl (C=O) groups excluding carboxylic acids is 4. The van der Waals surface area contributed by atoms with Gasteiger partial charge in [-0.15, -0.1) is 0 Å². The Labute approximate surface area is 556 Å². The van der Waals surface area contributed by atoms with Crippen LogP contribution in [0.4, 0.5) is 0 Å². The lowest BCUT2D eigenvalue weighted by molar-refractivity contribution is -0.145. The van der Waals surface area contributed by atoms with Gasteiger partial charge in [-0.3, -0.25) is 24.1 Å².